The van der Waals surface area contributed by atoms with E-state index >= 15 is 0 Å². The zero-order chi connectivity index (χ0) is 13.9. The summed E-state index contributed by atoms with van der Waals surface area (Å²) in [6, 6.07) is 0.0729. The lowest BCUT2D eigenvalue weighted by molar-refractivity contribution is 0.209. The quantitative estimate of drug-likeness (QED) is 0.926. The minimum absolute atomic E-state index is 0.0729. The molecule has 1 aromatic rings. The Labute approximate surface area is 119 Å². The van der Waals surface area contributed by atoms with Crippen LogP contribution in [-0.2, 0) is 11.8 Å². The smallest absolute Gasteiger partial charge is 0.317 e. The molecule has 2 heterocycles. The monoisotopic (exact) mass is 281 g/mol. The molecule has 1 aliphatic heterocycles. The van der Waals surface area contributed by atoms with Crippen LogP contribution >= 0.6 is 11.3 Å². The van der Waals surface area contributed by atoms with Gasteiger partial charge in [-0.15, -0.1) is 11.3 Å². The SMILES string of the molecule is CC(C)(C)c1nc(CCNC(=O)N2CCCC2)cs1. The summed E-state index contributed by atoms with van der Waals surface area (Å²) in [5, 5.41) is 6.23. The average Bonchev–Trinajstić information content (AvgIpc) is 2.99. The van der Waals surface area contributed by atoms with E-state index < -0.39 is 0 Å². The molecular weight excluding hydrogens is 258 g/mol. The Morgan fingerprint density at radius 3 is 2.68 bits per heavy atom. The fourth-order valence-electron chi connectivity index (χ4n) is 2.10. The van der Waals surface area contributed by atoms with Crippen molar-refractivity contribution < 1.29 is 4.79 Å². The molecule has 1 aromatic heterocycles. The summed E-state index contributed by atoms with van der Waals surface area (Å²) in [6.45, 7) is 8.98. The van der Waals surface area contributed by atoms with Gasteiger partial charge in [-0.2, -0.15) is 0 Å². The summed E-state index contributed by atoms with van der Waals surface area (Å²) in [5.74, 6) is 0. The van der Waals surface area contributed by atoms with Crippen LogP contribution in [-0.4, -0.2) is 35.5 Å². The molecule has 106 valence electrons. The first-order valence-electron chi connectivity index (χ1n) is 6.94. The Balaban J connectivity index is 1.76. The molecule has 0 unspecified atom stereocenters. The van der Waals surface area contributed by atoms with E-state index in [0.717, 1.165) is 43.1 Å². The Hall–Kier alpha value is -1.10. The topological polar surface area (TPSA) is 45.2 Å². The van der Waals surface area contributed by atoms with Crippen molar-refractivity contribution in [1.82, 2.24) is 15.2 Å². The third-order valence-corrected chi connectivity index (χ3v) is 4.56. The first-order chi connectivity index (χ1) is 8.97. The van der Waals surface area contributed by atoms with Crippen LogP contribution < -0.4 is 5.32 Å². The van der Waals surface area contributed by atoms with Crippen molar-refractivity contribution in [2.45, 2.75) is 45.4 Å². The third-order valence-electron chi connectivity index (χ3n) is 3.24. The Kier molecular flexibility index (Phi) is 4.45. The number of hydrogen-bond acceptors (Lipinski definition) is 3. The maximum atomic E-state index is 11.8. The summed E-state index contributed by atoms with van der Waals surface area (Å²) >= 11 is 1.71. The van der Waals surface area contributed by atoms with Gasteiger partial charge in [0.05, 0.1) is 10.7 Å². The van der Waals surface area contributed by atoms with Crippen molar-refractivity contribution in [3.8, 4) is 0 Å². The average molecular weight is 281 g/mol. The van der Waals surface area contributed by atoms with E-state index in [1.165, 1.54) is 0 Å². The van der Waals surface area contributed by atoms with E-state index in [-0.39, 0.29) is 11.4 Å². The number of carbonyl (C=O) groups excluding carboxylic acids is 1. The fraction of sp³-hybridized carbons (Fsp3) is 0.714. The van der Waals surface area contributed by atoms with Crippen LogP contribution in [0.15, 0.2) is 5.38 Å². The Morgan fingerprint density at radius 1 is 1.42 bits per heavy atom. The van der Waals surface area contributed by atoms with E-state index in [2.05, 4.69) is 36.5 Å². The molecule has 0 aromatic carbocycles. The second-order valence-electron chi connectivity index (χ2n) is 6.07. The standard InChI is InChI=1S/C14H23N3OS/c1-14(2,3)12-16-11(10-19-12)6-7-15-13(18)17-8-4-5-9-17/h10H,4-9H2,1-3H3,(H,15,18). The summed E-state index contributed by atoms with van der Waals surface area (Å²) in [5.41, 5.74) is 1.19. The van der Waals surface area contributed by atoms with Gasteiger partial charge in [-0.1, -0.05) is 20.8 Å². The molecule has 0 atom stereocenters. The highest BCUT2D eigenvalue weighted by atomic mass is 32.1. The van der Waals surface area contributed by atoms with Crippen molar-refractivity contribution in [2.24, 2.45) is 0 Å². The first-order valence-corrected chi connectivity index (χ1v) is 7.82. The molecule has 0 saturated carbocycles. The van der Waals surface area contributed by atoms with Crippen molar-refractivity contribution in [3.63, 3.8) is 0 Å². The van der Waals surface area contributed by atoms with E-state index in [1.807, 2.05) is 4.90 Å². The van der Waals surface area contributed by atoms with Gasteiger partial charge >= 0.3 is 6.03 Å². The lowest BCUT2D eigenvalue weighted by Gasteiger charge is -2.15. The van der Waals surface area contributed by atoms with Gasteiger partial charge in [0.25, 0.3) is 0 Å². The number of carbonyl (C=O) groups is 1. The number of aromatic nitrogens is 1. The number of nitrogens with zero attached hydrogens (tertiary/aromatic N) is 2. The van der Waals surface area contributed by atoms with Gasteiger partial charge in [0.2, 0.25) is 0 Å². The van der Waals surface area contributed by atoms with Crippen LogP contribution in [0.25, 0.3) is 0 Å². The highest BCUT2D eigenvalue weighted by Crippen LogP contribution is 2.25. The molecule has 5 heteroatoms. The first kappa shape index (κ1) is 14.3. The molecule has 0 radical (unpaired) electrons. The lowest BCUT2D eigenvalue weighted by atomic mass is 9.98. The number of hydrogen-bond donors (Lipinski definition) is 1. The van der Waals surface area contributed by atoms with Crippen molar-refractivity contribution in [3.05, 3.63) is 16.1 Å². The molecule has 19 heavy (non-hydrogen) atoms. The van der Waals surface area contributed by atoms with Crippen molar-refractivity contribution in [2.75, 3.05) is 19.6 Å². The zero-order valence-corrected chi connectivity index (χ0v) is 12.8. The van der Waals surface area contributed by atoms with Crippen LogP contribution in [0.2, 0.25) is 0 Å². The minimum Gasteiger partial charge on any atom is -0.338 e. The number of amides is 2. The number of nitrogens with one attached hydrogen (secondary N) is 1. The molecule has 1 N–H and O–H groups in total. The van der Waals surface area contributed by atoms with Gasteiger partial charge in [0.1, 0.15) is 0 Å². The largest absolute Gasteiger partial charge is 0.338 e. The molecule has 1 saturated heterocycles. The van der Waals surface area contributed by atoms with Gasteiger partial charge < -0.3 is 10.2 Å². The van der Waals surface area contributed by atoms with Gasteiger partial charge in [-0.05, 0) is 12.8 Å². The summed E-state index contributed by atoms with van der Waals surface area (Å²) < 4.78 is 0. The molecule has 2 amide bonds. The van der Waals surface area contributed by atoms with Crippen molar-refractivity contribution >= 4 is 17.4 Å². The highest BCUT2D eigenvalue weighted by molar-refractivity contribution is 7.09. The molecule has 0 bridgehead atoms. The van der Waals surface area contributed by atoms with Crippen LogP contribution in [0.4, 0.5) is 4.79 Å². The number of rotatable bonds is 3. The van der Waals surface area contributed by atoms with E-state index in [4.69, 9.17) is 0 Å². The normalized spacial score (nSPS) is 15.8. The van der Waals surface area contributed by atoms with Gasteiger partial charge in [-0.3, -0.25) is 0 Å². The molecule has 1 fully saturated rings. The number of urea groups is 1. The number of likely N-dealkylation sites (tertiary alicyclic amines) is 1. The van der Waals surface area contributed by atoms with E-state index in [9.17, 15) is 4.79 Å². The van der Waals surface area contributed by atoms with Crippen LogP contribution in [0.5, 0.6) is 0 Å². The van der Waals surface area contributed by atoms with E-state index in [1.54, 1.807) is 11.3 Å². The van der Waals surface area contributed by atoms with Crippen LogP contribution in [0.1, 0.15) is 44.3 Å². The van der Waals surface area contributed by atoms with Crippen molar-refractivity contribution in [1.29, 1.82) is 0 Å². The van der Waals surface area contributed by atoms with Gasteiger partial charge in [0.15, 0.2) is 0 Å². The minimum atomic E-state index is 0.0729. The maximum Gasteiger partial charge on any atom is 0.317 e. The summed E-state index contributed by atoms with van der Waals surface area (Å²) in [6.07, 6.45) is 3.08. The molecular formula is C14H23N3OS. The highest BCUT2D eigenvalue weighted by Gasteiger charge is 2.19. The van der Waals surface area contributed by atoms with Gasteiger partial charge in [-0.25, -0.2) is 9.78 Å². The maximum absolute atomic E-state index is 11.8. The van der Waals surface area contributed by atoms with Crippen LogP contribution in [0, 0.1) is 0 Å². The zero-order valence-electron chi connectivity index (χ0n) is 12.0. The van der Waals surface area contributed by atoms with E-state index in [0.29, 0.717) is 6.54 Å². The third kappa shape index (κ3) is 3.93. The predicted octanol–water partition coefficient (Wildman–Crippen LogP) is 2.79. The molecule has 0 spiro atoms. The molecule has 1 aliphatic rings. The lowest BCUT2D eigenvalue weighted by Crippen LogP contribution is -2.38. The summed E-state index contributed by atoms with van der Waals surface area (Å²) in [7, 11) is 0. The van der Waals surface area contributed by atoms with Gasteiger partial charge in [0, 0.05) is 36.9 Å². The second-order valence-corrected chi connectivity index (χ2v) is 6.93. The Morgan fingerprint density at radius 2 is 2.11 bits per heavy atom. The predicted molar refractivity (Wildman–Crippen MR) is 78.7 cm³/mol. The molecule has 4 nitrogen and oxygen atoms in total. The Bertz CT molecular complexity index is 430. The van der Waals surface area contributed by atoms with Crippen LogP contribution in [0.3, 0.4) is 0 Å². The second kappa shape index (κ2) is 5.90. The fourth-order valence-corrected chi connectivity index (χ4v) is 3.04. The molecule has 0 aliphatic carbocycles. The summed E-state index contributed by atoms with van der Waals surface area (Å²) in [4.78, 5) is 18.3. The number of thiazole rings is 1. The molecule has 2 rings (SSSR count).